The zero-order valence-electron chi connectivity index (χ0n) is 18.2. The number of benzene rings is 1. The first kappa shape index (κ1) is 23.9. The van der Waals surface area contributed by atoms with E-state index in [9.17, 15) is 33.5 Å². The number of amides is 2. The van der Waals surface area contributed by atoms with Gasteiger partial charge in [0, 0.05) is 30.9 Å². The number of fused-ring (bicyclic) bond motifs is 1. The number of carboxylic acid groups (broad SMARTS) is 1. The molecule has 2 aromatic heterocycles. The molecular weight excluding hydrogens is 477 g/mol. The van der Waals surface area contributed by atoms with Gasteiger partial charge in [0.05, 0.1) is 11.3 Å². The van der Waals surface area contributed by atoms with Crippen LogP contribution in [0, 0.1) is 11.2 Å². The Morgan fingerprint density at radius 1 is 1.17 bits per heavy atom. The van der Waals surface area contributed by atoms with Crippen LogP contribution in [0.1, 0.15) is 48.2 Å². The fourth-order valence-electron chi connectivity index (χ4n) is 3.48. The number of primary amides is 1. The molecule has 0 radical (unpaired) electrons. The number of carbonyl (C=O) groups is 3. The molecule has 2 aromatic carbocycles. The second-order valence-corrected chi connectivity index (χ2v) is 7.54. The van der Waals surface area contributed by atoms with Crippen LogP contribution in [0.4, 0.5) is 10.1 Å². The predicted molar refractivity (Wildman–Crippen MR) is 123 cm³/mol. The summed E-state index contributed by atoms with van der Waals surface area (Å²) < 4.78 is 15.3. The molecule has 0 saturated heterocycles. The molecule has 2 heterocycles. The highest BCUT2D eigenvalue weighted by molar-refractivity contribution is 6.00. The first-order valence-corrected chi connectivity index (χ1v) is 10.2. The number of aromatic carboxylic acids is 1. The van der Waals surface area contributed by atoms with E-state index in [-0.39, 0.29) is 52.6 Å². The van der Waals surface area contributed by atoms with Gasteiger partial charge in [0.2, 0.25) is 10.9 Å². The molecule has 36 heavy (non-hydrogen) atoms. The summed E-state index contributed by atoms with van der Waals surface area (Å²) in [4.78, 5) is 66.6. The van der Waals surface area contributed by atoms with Gasteiger partial charge in [-0.15, -0.1) is 0 Å². The van der Waals surface area contributed by atoms with E-state index in [1.165, 1.54) is 12.1 Å². The zero-order valence-corrected chi connectivity index (χ0v) is 18.2. The lowest BCUT2D eigenvalue weighted by atomic mass is 10.1. The van der Waals surface area contributed by atoms with Crippen molar-refractivity contribution in [2.45, 2.75) is 13.1 Å². The number of imidazole rings is 1. The van der Waals surface area contributed by atoms with Gasteiger partial charge < -0.3 is 26.9 Å². The molecule has 6 N–H and O–H groups in total. The first-order chi connectivity index (χ1) is 17.1. The minimum atomic E-state index is -1.39. The van der Waals surface area contributed by atoms with E-state index in [1.54, 1.807) is 0 Å². The number of carboxylic acids is 1. The maximum atomic E-state index is 14.2. The maximum Gasteiger partial charge on any atom is 0.353 e. The third-order valence-corrected chi connectivity index (χ3v) is 5.30. The molecular formula is C22H16FN7O6. The highest BCUT2D eigenvalue weighted by atomic mass is 19.1. The van der Waals surface area contributed by atoms with Crippen molar-refractivity contribution in [2.24, 2.45) is 5.73 Å². The lowest BCUT2D eigenvalue weighted by molar-refractivity contribution is 0.0688. The number of hydrogen-bond acceptors (Lipinski definition) is 9. The lowest BCUT2D eigenvalue weighted by Gasteiger charge is -2.12. The number of nitrogens with one attached hydrogen (secondary N) is 3. The summed E-state index contributed by atoms with van der Waals surface area (Å²) in [6, 6.07) is 4.97. The van der Waals surface area contributed by atoms with Crippen molar-refractivity contribution in [3.63, 3.8) is 0 Å². The van der Waals surface area contributed by atoms with Crippen molar-refractivity contribution in [1.29, 1.82) is 5.41 Å². The Hall–Kier alpha value is -5.27. The highest BCUT2D eigenvalue weighted by Crippen LogP contribution is 2.15. The summed E-state index contributed by atoms with van der Waals surface area (Å²) in [6.07, 6.45) is 1.79. The van der Waals surface area contributed by atoms with Crippen molar-refractivity contribution in [2.75, 3.05) is 5.32 Å². The summed E-state index contributed by atoms with van der Waals surface area (Å²) >= 11 is 0. The molecule has 13 nitrogen and oxygen atoms in total. The number of halogens is 1. The Balaban J connectivity index is 1.52. The normalized spacial score (nSPS) is 10.9. The average molecular weight is 493 g/mol. The monoisotopic (exact) mass is 493 g/mol. The highest BCUT2D eigenvalue weighted by Gasteiger charge is 2.21. The number of hydrogen-bond donors (Lipinski definition) is 5. The van der Waals surface area contributed by atoms with Crippen LogP contribution >= 0.6 is 0 Å². The maximum absolute atomic E-state index is 14.2. The van der Waals surface area contributed by atoms with E-state index in [4.69, 9.17) is 11.1 Å². The van der Waals surface area contributed by atoms with Crippen LogP contribution in [0.5, 0.6) is 0 Å². The van der Waals surface area contributed by atoms with E-state index in [0.717, 1.165) is 29.1 Å². The fraction of sp³-hybridized carbons (Fsp3) is 0.0909. The van der Waals surface area contributed by atoms with Crippen molar-refractivity contribution < 1.29 is 23.9 Å². The second-order valence-electron chi connectivity index (χ2n) is 7.54. The quantitative estimate of drug-likeness (QED) is 0.154. The Labute approximate surface area is 199 Å². The van der Waals surface area contributed by atoms with E-state index in [2.05, 4.69) is 20.6 Å². The molecule has 0 atom stereocenters. The van der Waals surface area contributed by atoms with Crippen molar-refractivity contribution >= 4 is 35.3 Å². The van der Waals surface area contributed by atoms with Gasteiger partial charge in [0.1, 0.15) is 23.5 Å². The number of nitrogens with zero attached hydrogens (tertiary/aromatic N) is 3. The van der Waals surface area contributed by atoms with Crippen LogP contribution in [-0.4, -0.2) is 43.5 Å². The standard InChI is InChI=1S/C22H16FN7O6/c23-12-2-1-9(3-10(12)7-26-15-11(5-24)17(31)18(15)32)6-27-21(34)13-4-14(22(35)36)30-8-28-16(19(25)33)20(30)29-13/h1-5,8,24,26H,6-7H2,(H2,25,33)(H,27,34)(H,35,36). The number of aromatic nitrogens is 3. The molecule has 4 aromatic rings. The van der Waals surface area contributed by atoms with Gasteiger partial charge in [-0.3, -0.25) is 23.6 Å². The smallest absolute Gasteiger partial charge is 0.353 e. The molecule has 0 aliphatic carbocycles. The topological polar surface area (TPSA) is 210 Å². The van der Waals surface area contributed by atoms with E-state index in [1.807, 2.05) is 0 Å². The van der Waals surface area contributed by atoms with E-state index in [0.29, 0.717) is 5.56 Å². The van der Waals surface area contributed by atoms with E-state index >= 15 is 0 Å². The molecule has 0 aliphatic rings. The molecule has 14 heteroatoms. The Kier molecular flexibility index (Phi) is 6.08. The largest absolute Gasteiger partial charge is 0.477 e. The van der Waals surface area contributed by atoms with Gasteiger partial charge in [-0.2, -0.15) is 0 Å². The average Bonchev–Trinajstić information content (AvgIpc) is 3.29. The van der Waals surface area contributed by atoms with Crippen molar-refractivity contribution in [3.8, 4) is 0 Å². The van der Waals surface area contributed by atoms with Crippen LogP contribution in [0.25, 0.3) is 5.65 Å². The molecule has 0 aliphatic heterocycles. The summed E-state index contributed by atoms with van der Waals surface area (Å²) in [5, 5.41) is 21.8. The van der Waals surface area contributed by atoms with Gasteiger partial charge >= 0.3 is 5.97 Å². The Morgan fingerprint density at radius 2 is 1.92 bits per heavy atom. The van der Waals surface area contributed by atoms with Crippen LogP contribution < -0.4 is 27.2 Å². The number of nitrogens with two attached hydrogens (primary N) is 1. The number of anilines is 1. The van der Waals surface area contributed by atoms with Crippen molar-refractivity contribution in [1.82, 2.24) is 19.7 Å². The third kappa shape index (κ3) is 4.18. The summed E-state index contributed by atoms with van der Waals surface area (Å²) in [5.74, 6) is -3.73. The minimum Gasteiger partial charge on any atom is -0.477 e. The van der Waals surface area contributed by atoms with Crippen LogP contribution in [-0.2, 0) is 13.1 Å². The van der Waals surface area contributed by atoms with Crippen LogP contribution in [0.2, 0.25) is 0 Å². The van der Waals surface area contributed by atoms with Crippen molar-refractivity contribution in [3.05, 3.63) is 90.6 Å². The van der Waals surface area contributed by atoms with E-state index < -0.39 is 34.5 Å². The van der Waals surface area contributed by atoms with Gasteiger partial charge in [0.25, 0.3) is 11.8 Å². The molecule has 4 rings (SSSR count). The zero-order chi connectivity index (χ0) is 26.1. The summed E-state index contributed by atoms with van der Waals surface area (Å²) in [6.45, 7) is -0.258. The van der Waals surface area contributed by atoms with Crippen LogP contribution in [0.3, 0.4) is 0 Å². The second kappa shape index (κ2) is 9.17. The third-order valence-electron chi connectivity index (χ3n) is 5.30. The minimum absolute atomic E-state index is 0.0704. The lowest BCUT2D eigenvalue weighted by Crippen LogP contribution is -2.38. The molecule has 0 bridgehead atoms. The molecule has 0 spiro atoms. The Morgan fingerprint density at radius 3 is 2.58 bits per heavy atom. The van der Waals surface area contributed by atoms with Gasteiger partial charge in [-0.1, -0.05) is 6.07 Å². The molecule has 0 saturated carbocycles. The fourth-order valence-corrected chi connectivity index (χ4v) is 3.48. The molecule has 2 amide bonds. The number of rotatable bonds is 9. The molecule has 182 valence electrons. The summed E-state index contributed by atoms with van der Waals surface area (Å²) in [7, 11) is 0. The SMILES string of the molecule is N=Cc1c(NCc2cc(CNC(=O)c3cc(C(=O)O)n4cnc(C(N)=O)c4n3)ccc2F)c(=O)c1=O. The van der Waals surface area contributed by atoms with Gasteiger partial charge in [-0.25, -0.2) is 19.2 Å². The molecule has 0 unspecified atom stereocenters. The number of carbonyl (C=O) groups excluding carboxylic acids is 2. The first-order valence-electron chi connectivity index (χ1n) is 10.2. The molecule has 0 fully saturated rings. The summed E-state index contributed by atoms with van der Waals surface area (Å²) in [5.41, 5.74) is 2.88. The van der Waals surface area contributed by atoms with Crippen LogP contribution in [0.15, 0.2) is 40.2 Å². The Bertz CT molecular complexity index is 1650. The van der Waals surface area contributed by atoms with Gasteiger partial charge in [0.15, 0.2) is 11.3 Å². The van der Waals surface area contributed by atoms with Gasteiger partial charge in [-0.05, 0) is 17.7 Å². The predicted octanol–water partition coefficient (Wildman–Crippen LogP) is -0.199.